The molecule has 1 aliphatic heterocycles. The molecule has 5 rings (SSSR count). The number of alkyl halides is 1. The molecule has 0 N–H and O–H groups in total. The molecular formula is C21H16ClNO4. The Morgan fingerprint density at radius 1 is 1.04 bits per heavy atom. The highest BCUT2D eigenvalue weighted by molar-refractivity contribution is 6.43. The third-order valence-corrected chi connectivity index (χ3v) is 6.85. The van der Waals surface area contributed by atoms with Crippen molar-refractivity contribution in [2.45, 2.75) is 23.3 Å². The number of halogens is 1. The number of imide groups is 1. The van der Waals surface area contributed by atoms with Crippen LogP contribution in [0.3, 0.4) is 0 Å². The van der Waals surface area contributed by atoms with Gasteiger partial charge in [0.05, 0.1) is 5.92 Å². The number of ether oxygens (including phenoxy) is 1. The van der Waals surface area contributed by atoms with Crippen molar-refractivity contribution in [3.63, 3.8) is 0 Å². The van der Waals surface area contributed by atoms with Crippen LogP contribution in [0.15, 0.2) is 48.5 Å². The zero-order valence-corrected chi connectivity index (χ0v) is 15.5. The molecule has 0 spiro atoms. The van der Waals surface area contributed by atoms with Crippen LogP contribution in [0.4, 0.5) is 0 Å². The lowest BCUT2D eigenvalue weighted by Gasteiger charge is -2.62. The second kappa shape index (κ2) is 4.98. The van der Waals surface area contributed by atoms with Crippen LogP contribution in [-0.2, 0) is 24.7 Å². The minimum absolute atomic E-state index is 0.336. The average Bonchev–Trinajstić information content (AvgIpc) is 2.81. The van der Waals surface area contributed by atoms with Gasteiger partial charge < -0.3 is 4.74 Å². The molecule has 27 heavy (non-hydrogen) atoms. The Balaban J connectivity index is 1.90. The first-order valence-electron chi connectivity index (χ1n) is 8.75. The van der Waals surface area contributed by atoms with Gasteiger partial charge in [-0.15, -0.1) is 11.6 Å². The van der Waals surface area contributed by atoms with Crippen molar-refractivity contribution in [1.29, 1.82) is 0 Å². The lowest BCUT2D eigenvalue weighted by molar-refractivity contribution is -0.197. The molecule has 2 aromatic rings. The van der Waals surface area contributed by atoms with Crippen LogP contribution in [0.1, 0.15) is 24.0 Å². The second-order valence-electron chi connectivity index (χ2n) is 7.33. The summed E-state index contributed by atoms with van der Waals surface area (Å²) in [6, 6.07) is 15.2. The van der Waals surface area contributed by atoms with Crippen molar-refractivity contribution in [2.75, 3.05) is 7.05 Å². The zero-order valence-electron chi connectivity index (χ0n) is 14.7. The molecule has 1 saturated heterocycles. The van der Waals surface area contributed by atoms with E-state index >= 15 is 0 Å². The fourth-order valence-electron chi connectivity index (χ4n) is 5.22. The molecule has 6 heteroatoms. The van der Waals surface area contributed by atoms with Gasteiger partial charge in [-0.3, -0.25) is 19.3 Å². The monoisotopic (exact) mass is 381 g/mol. The van der Waals surface area contributed by atoms with E-state index in [1.165, 1.54) is 14.0 Å². The quantitative estimate of drug-likeness (QED) is 0.433. The number of carbonyl (C=O) groups excluding carboxylic acids is 3. The van der Waals surface area contributed by atoms with Gasteiger partial charge in [-0.1, -0.05) is 48.5 Å². The van der Waals surface area contributed by atoms with Crippen LogP contribution in [0, 0.1) is 5.92 Å². The molecule has 2 fully saturated rings. The molecule has 3 aliphatic rings. The van der Waals surface area contributed by atoms with Crippen molar-refractivity contribution in [2.24, 2.45) is 5.92 Å². The van der Waals surface area contributed by atoms with Crippen LogP contribution in [0.25, 0.3) is 11.1 Å². The van der Waals surface area contributed by atoms with E-state index in [0.29, 0.717) is 5.56 Å². The number of hydrogen-bond acceptors (Lipinski definition) is 4. The largest absolute Gasteiger partial charge is 0.451 e. The number of benzene rings is 2. The highest BCUT2D eigenvalue weighted by atomic mass is 35.5. The first-order chi connectivity index (χ1) is 12.9. The molecule has 0 unspecified atom stereocenters. The highest BCUT2D eigenvalue weighted by Gasteiger charge is 2.85. The average molecular weight is 382 g/mol. The molecule has 2 aliphatic carbocycles. The van der Waals surface area contributed by atoms with Gasteiger partial charge >= 0.3 is 5.97 Å². The van der Waals surface area contributed by atoms with Gasteiger partial charge in [-0.05, 0) is 16.7 Å². The smallest absolute Gasteiger partial charge is 0.303 e. The molecule has 0 radical (unpaired) electrons. The Morgan fingerprint density at radius 3 is 2.37 bits per heavy atom. The molecule has 0 aromatic heterocycles. The number of hydrogen-bond donors (Lipinski definition) is 0. The number of likely N-dealkylation sites (tertiary alicyclic amines) is 1. The Kier molecular flexibility index (Phi) is 3.05. The zero-order chi connectivity index (χ0) is 19.1. The van der Waals surface area contributed by atoms with E-state index < -0.39 is 34.2 Å². The van der Waals surface area contributed by atoms with Crippen LogP contribution in [0.5, 0.6) is 0 Å². The first kappa shape index (κ1) is 16.5. The minimum atomic E-state index is -1.64. The summed E-state index contributed by atoms with van der Waals surface area (Å²) in [6.07, 6.45) is 0. The maximum atomic E-state index is 13.0. The third kappa shape index (κ3) is 1.61. The van der Waals surface area contributed by atoms with Crippen LogP contribution < -0.4 is 0 Å². The minimum Gasteiger partial charge on any atom is -0.451 e. The SMILES string of the molecule is CC(=O)O[C@]12c3ccccc3-c3ccccc3[C@@H]1[C@H]1C(=O)N(C)C(=O)[C@@]12Cl. The topological polar surface area (TPSA) is 63.7 Å². The summed E-state index contributed by atoms with van der Waals surface area (Å²) < 4.78 is 5.87. The Hall–Kier alpha value is -2.66. The number of fused-ring (bicyclic) bond motifs is 9. The molecule has 4 atom stereocenters. The molecule has 0 bridgehead atoms. The summed E-state index contributed by atoms with van der Waals surface area (Å²) >= 11 is 6.92. The molecule has 5 nitrogen and oxygen atoms in total. The molecule has 2 amide bonds. The highest BCUT2D eigenvalue weighted by Crippen LogP contribution is 2.74. The van der Waals surface area contributed by atoms with Crippen LogP contribution in [0.2, 0.25) is 0 Å². The van der Waals surface area contributed by atoms with Gasteiger partial charge in [0.25, 0.3) is 5.91 Å². The molecule has 1 heterocycles. The fraction of sp³-hybridized carbons (Fsp3) is 0.286. The van der Waals surface area contributed by atoms with E-state index in [1.54, 1.807) is 0 Å². The normalized spacial score (nSPS) is 32.8. The van der Waals surface area contributed by atoms with Gasteiger partial charge in [-0.25, -0.2) is 0 Å². The van der Waals surface area contributed by atoms with Gasteiger partial charge in [-0.2, -0.15) is 0 Å². The number of esters is 1. The van der Waals surface area contributed by atoms with E-state index in [2.05, 4.69) is 0 Å². The van der Waals surface area contributed by atoms with Crippen molar-refractivity contribution in [1.82, 2.24) is 4.90 Å². The van der Waals surface area contributed by atoms with E-state index in [-0.39, 0.29) is 5.91 Å². The van der Waals surface area contributed by atoms with Crippen molar-refractivity contribution < 1.29 is 19.1 Å². The second-order valence-corrected chi connectivity index (χ2v) is 7.93. The van der Waals surface area contributed by atoms with Gasteiger partial charge in [0.2, 0.25) is 5.91 Å². The summed E-state index contributed by atoms with van der Waals surface area (Å²) in [7, 11) is 1.43. The third-order valence-electron chi connectivity index (χ3n) is 6.17. The fourth-order valence-corrected chi connectivity index (χ4v) is 5.82. The van der Waals surface area contributed by atoms with E-state index in [4.69, 9.17) is 16.3 Å². The summed E-state index contributed by atoms with van der Waals surface area (Å²) in [5.41, 5.74) is 1.96. The van der Waals surface area contributed by atoms with Gasteiger partial charge in [0.15, 0.2) is 10.5 Å². The Bertz CT molecular complexity index is 1050. The van der Waals surface area contributed by atoms with Gasteiger partial charge in [0.1, 0.15) is 0 Å². The van der Waals surface area contributed by atoms with E-state index in [0.717, 1.165) is 21.6 Å². The lowest BCUT2D eigenvalue weighted by atomic mass is 9.46. The van der Waals surface area contributed by atoms with Crippen molar-refractivity contribution >= 4 is 29.4 Å². The molecule has 1 saturated carbocycles. The Labute approximate surface area is 160 Å². The van der Waals surface area contributed by atoms with Crippen molar-refractivity contribution in [3.05, 3.63) is 59.7 Å². The number of carbonyl (C=O) groups is 3. The van der Waals surface area contributed by atoms with E-state index in [9.17, 15) is 14.4 Å². The predicted molar refractivity (Wildman–Crippen MR) is 97.9 cm³/mol. The maximum Gasteiger partial charge on any atom is 0.303 e. The summed E-state index contributed by atoms with van der Waals surface area (Å²) in [5.74, 6) is -2.68. The molecule has 136 valence electrons. The standard InChI is InChI=1S/C21H16ClNO4/c1-11(24)27-21-15-10-6-5-8-13(15)12-7-3-4-9-14(12)16(21)17-18(25)23(2)19(26)20(17,21)22/h3-10,16-17H,1-2H3/t16-,17+,20+,21-/m1/s1. The van der Waals surface area contributed by atoms with Gasteiger partial charge in [0, 0.05) is 25.5 Å². The maximum absolute atomic E-state index is 13.0. The first-order valence-corrected chi connectivity index (χ1v) is 9.12. The van der Waals surface area contributed by atoms with Crippen LogP contribution >= 0.6 is 11.6 Å². The molecular weight excluding hydrogens is 366 g/mol. The lowest BCUT2D eigenvalue weighted by Crippen LogP contribution is -2.73. The number of rotatable bonds is 1. The predicted octanol–water partition coefficient (Wildman–Crippen LogP) is 2.82. The number of amides is 2. The summed E-state index contributed by atoms with van der Waals surface area (Å²) in [4.78, 5) is 37.5. The number of nitrogens with zero attached hydrogens (tertiary/aromatic N) is 1. The summed E-state index contributed by atoms with van der Waals surface area (Å²) in [5, 5.41) is 0. The molecule has 2 aromatic carbocycles. The van der Waals surface area contributed by atoms with Crippen molar-refractivity contribution in [3.8, 4) is 11.1 Å². The van der Waals surface area contributed by atoms with Crippen LogP contribution in [-0.4, -0.2) is 34.6 Å². The Morgan fingerprint density at radius 2 is 1.67 bits per heavy atom. The van der Waals surface area contributed by atoms with E-state index in [1.807, 2.05) is 48.5 Å². The summed E-state index contributed by atoms with van der Waals surface area (Å²) in [6.45, 7) is 1.30.